The molecule has 1 unspecified atom stereocenters. The van der Waals surface area contributed by atoms with Crippen molar-refractivity contribution in [2.45, 2.75) is 12.5 Å². The normalized spacial score (nSPS) is 12.5. The molecule has 0 radical (unpaired) electrons. The van der Waals surface area contributed by atoms with E-state index in [0.29, 0.717) is 12.1 Å². The number of rotatable bonds is 3. The van der Waals surface area contributed by atoms with Gasteiger partial charge in [0.1, 0.15) is 23.3 Å². The highest BCUT2D eigenvalue weighted by Crippen LogP contribution is 2.26. The molecule has 1 N–H and O–H groups in total. The average Bonchev–Trinajstić information content (AvgIpc) is 2.31. The van der Waals surface area contributed by atoms with Crippen LogP contribution in [-0.2, 0) is 6.42 Å². The Morgan fingerprint density at radius 2 is 1.55 bits per heavy atom. The Morgan fingerprint density at radius 3 is 2.10 bits per heavy atom. The molecule has 20 heavy (non-hydrogen) atoms. The summed E-state index contributed by atoms with van der Waals surface area (Å²) in [4.78, 5) is 0. The fourth-order valence-corrected chi connectivity index (χ4v) is 2.03. The van der Waals surface area contributed by atoms with Crippen LogP contribution in [-0.4, -0.2) is 5.11 Å². The second kappa shape index (κ2) is 5.81. The average molecular weight is 305 g/mol. The molecule has 106 valence electrons. The number of aliphatic hydroxyl groups is 1. The van der Waals surface area contributed by atoms with E-state index in [9.17, 15) is 22.7 Å². The van der Waals surface area contributed by atoms with Gasteiger partial charge in [-0.2, -0.15) is 0 Å². The minimum atomic E-state index is -1.63. The molecule has 0 amide bonds. The van der Waals surface area contributed by atoms with Crippen LogP contribution in [0, 0.1) is 23.3 Å². The molecule has 1 nitrogen and oxygen atoms in total. The second-order valence-corrected chi connectivity index (χ2v) is 4.68. The largest absolute Gasteiger partial charge is 0.388 e. The first-order chi connectivity index (χ1) is 9.38. The molecule has 0 aliphatic heterocycles. The molecule has 0 aliphatic rings. The summed E-state index contributed by atoms with van der Waals surface area (Å²) in [5, 5.41) is 9.98. The Morgan fingerprint density at radius 1 is 0.950 bits per heavy atom. The summed E-state index contributed by atoms with van der Waals surface area (Å²) in [6, 6.07) is 4.64. The van der Waals surface area contributed by atoms with Crippen molar-refractivity contribution in [3.05, 3.63) is 69.8 Å². The van der Waals surface area contributed by atoms with Gasteiger partial charge in [-0.25, -0.2) is 17.6 Å². The molecular weight excluding hydrogens is 296 g/mol. The van der Waals surface area contributed by atoms with Crippen LogP contribution in [0.5, 0.6) is 0 Å². The Kier molecular flexibility index (Phi) is 4.30. The molecule has 0 saturated carbocycles. The van der Waals surface area contributed by atoms with Crippen molar-refractivity contribution in [1.29, 1.82) is 0 Å². The van der Waals surface area contributed by atoms with E-state index < -0.39 is 34.9 Å². The molecule has 0 fully saturated rings. The summed E-state index contributed by atoms with van der Waals surface area (Å²) in [5.41, 5.74) is -0.647. The van der Waals surface area contributed by atoms with E-state index in [1.807, 2.05) is 0 Å². The van der Waals surface area contributed by atoms with Gasteiger partial charge in [0.2, 0.25) is 0 Å². The SMILES string of the molecule is OC(Cc1ccc(Cl)cc1F)c1c(F)cc(F)cc1F. The van der Waals surface area contributed by atoms with Crippen molar-refractivity contribution in [3.8, 4) is 0 Å². The lowest BCUT2D eigenvalue weighted by Gasteiger charge is -2.14. The predicted octanol–water partition coefficient (Wildman–Crippen LogP) is 4.17. The lowest BCUT2D eigenvalue weighted by Crippen LogP contribution is -2.09. The lowest BCUT2D eigenvalue weighted by molar-refractivity contribution is 0.167. The minimum Gasteiger partial charge on any atom is -0.388 e. The zero-order chi connectivity index (χ0) is 14.9. The molecule has 0 saturated heterocycles. The maximum absolute atomic E-state index is 13.5. The molecule has 0 spiro atoms. The van der Waals surface area contributed by atoms with Gasteiger partial charge in [-0.1, -0.05) is 17.7 Å². The van der Waals surface area contributed by atoms with Crippen molar-refractivity contribution in [3.63, 3.8) is 0 Å². The van der Waals surface area contributed by atoms with Gasteiger partial charge in [0.05, 0.1) is 11.7 Å². The quantitative estimate of drug-likeness (QED) is 0.844. The summed E-state index contributed by atoms with van der Waals surface area (Å²) in [6.45, 7) is 0. The lowest BCUT2D eigenvalue weighted by atomic mass is 10.00. The first kappa shape index (κ1) is 14.8. The molecule has 6 heteroatoms. The molecule has 0 aromatic heterocycles. The van der Waals surface area contributed by atoms with Crippen LogP contribution in [0.2, 0.25) is 5.02 Å². The van der Waals surface area contributed by atoms with Crippen LogP contribution < -0.4 is 0 Å². The summed E-state index contributed by atoms with van der Waals surface area (Å²) < 4.78 is 53.3. The third-order valence-electron chi connectivity index (χ3n) is 2.81. The van der Waals surface area contributed by atoms with Crippen LogP contribution >= 0.6 is 11.6 Å². The van der Waals surface area contributed by atoms with Crippen molar-refractivity contribution in [1.82, 2.24) is 0 Å². The standard InChI is InChI=1S/C14H9ClF4O/c15-8-2-1-7(10(17)4-8)3-13(20)14-11(18)5-9(16)6-12(14)19/h1-2,4-6,13,20H,3H2. The Labute approximate surface area is 117 Å². The first-order valence-electron chi connectivity index (χ1n) is 5.65. The van der Waals surface area contributed by atoms with Gasteiger partial charge in [-0.05, 0) is 17.7 Å². The zero-order valence-electron chi connectivity index (χ0n) is 10.0. The third-order valence-corrected chi connectivity index (χ3v) is 3.04. The number of benzene rings is 2. The molecule has 1 atom stereocenters. The second-order valence-electron chi connectivity index (χ2n) is 4.24. The van der Waals surface area contributed by atoms with Gasteiger partial charge < -0.3 is 5.11 Å². The van der Waals surface area contributed by atoms with Gasteiger partial charge in [-0.3, -0.25) is 0 Å². The summed E-state index contributed by atoms with van der Waals surface area (Å²) >= 11 is 5.57. The zero-order valence-corrected chi connectivity index (χ0v) is 10.8. The Balaban J connectivity index is 2.31. The van der Waals surface area contributed by atoms with E-state index in [1.54, 1.807) is 0 Å². The number of hydrogen-bond donors (Lipinski definition) is 1. The Bertz CT molecular complexity index is 622. The maximum atomic E-state index is 13.5. The van der Waals surface area contributed by atoms with E-state index in [-0.39, 0.29) is 17.0 Å². The van der Waals surface area contributed by atoms with E-state index in [1.165, 1.54) is 12.1 Å². The van der Waals surface area contributed by atoms with Gasteiger partial charge in [-0.15, -0.1) is 0 Å². The highest BCUT2D eigenvalue weighted by molar-refractivity contribution is 6.30. The van der Waals surface area contributed by atoms with E-state index in [2.05, 4.69) is 0 Å². The minimum absolute atomic E-state index is 0.0463. The highest BCUT2D eigenvalue weighted by Gasteiger charge is 2.21. The van der Waals surface area contributed by atoms with Crippen LogP contribution in [0.25, 0.3) is 0 Å². The Hall–Kier alpha value is -1.59. The molecule has 0 aliphatic carbocycles. The van der Waals surface area contributed by atoms with Crippen LogP contribution in [0.3, 0.4) is 0 Å². The van der Waals surface area contributed by atoms with Gasteiger partial charge >= 0.3 is 0 Å². The van der Waals surface area contributed by atoms with Gasteiger partial charge in [0.15, 0.2) is 0 Å². The third kappa shape index (κ3) is 3.11. The predicted molar refractivity (Wildman–Crippen MR) is 66.4 cm³/mol. The van der Waals surface area contributed by atoms with E-state index in [0.717, 1.165) is 6.07 Å². The van der Waals surface area contributed by atoms with Crippen LogP contribution in [0.4, 0.5) is 17.6 Å². The van der Waals surface area contributed by atoms with Crippen LogP contribution in [0.1, 0.15) is 17.2 Å². The van der Waals surface area contributed by atoms with Gasteiger partial charge in [0, 0.05) is 23.6 Å². The number of hydrogen-bond acceptors (Lipinski definition) is 1. The first-order valence-corrected chi connectivity index (χ1v) is 6.02. The summed E-state index contributed by atoms with van der Waals surface area (Å²) in [6.07, 6.45) is -1.99. The molecule has 0 bridgehead atoms. The fraction of sp³-hybridized carbons (Fsp3) is 0.143. The van der Waals surface area contributed by atoms with E-state index in [4.69, 9.17) is 11.6 Å². The summed E-state index contributed by atoms with van der Waals surface area (Å²) in [7, 11) is 0. The summed E-state index contributed by atoms with van der Waals surface area (Å²) in [5.74, 6) is -4.22. The fourth-order valence-electron chi connectivity index (χ4n) is 1.87. The molecule has 2 rings (SSSR count). The molecule has 2 aromatic carbocycles. The van der Waals surface area contributed by atoms with E-state index >= 15 is 0 Å². The molecule has 2 aromatic rings. The maximum Gasteiger partial charge on any atom is 0.134 e. The van der Waals surface area contributed by atoms with Crippen LogP contribution in [0.15, 0.2) is 30.3 Å². The molecular formula is C14H9ClF4O. The topological polar surface area (TPSA) is 20.2 Å². The van der Waals surface area contributed by atoms with Crippen molar-refractivity contribution < 1.29 is 22.7 Å². The highest BCUT2D eigenvalue weighted by atomic mass is 35.5. The van der Waals surface area contributed by atoms with Crippen molar-refractivity contribution in [2.24, 2.45) is 0 Å². The van der Waals surface area contributed by atoms with Crippen molar-refractivity contribution >= 4 is 11.6 Å². The smallest absolute Gasteiger partial charge is 0.134 e. The molecule has 0 heterocycles. The monoisotopic (exact) mass is 304 g/mol. The van der Waals surface area contributed by atoms with Gasteiger partial charge in [0.25, 0.3) is 0 Å². The number of halogens is 5. The number of aliphatic hydroxyl groups excluding tert-OH is 1. The van der Waals surface area contributed by atoms with Crippen molar-refractivity contribution in [2.75, 3.05) is 0 Å².